The van der Waals surface area contributed by atoms with Crippen molar-refractivity contribution in [1.29, 1.82) is 0 Å². The molecule has 0 N–H and O–H groups in total. The minimum Gasteiger partial charge on any atom is -0.207 e. The standard InChI is InChI=1S/C9H11F/c1-6-4-8(3)9(10)5-7(6)2/h4-5H,1-3H3/i4D,5D. The van der Waals surface area contributed by atoms with Crippen LogP contribution in [0, 0.1) is 26.6 Å². The molecule has 0 aliphatic carbocycles. The van der Waals surface area contributed by atoms with E-state index in [1.54, 1.807) is 13.8 Å². The summed E-state index contributed by atoms with van der Waals surface area (Å²) < 4.78 is 28.0. The number of halogens is 1. The molecule has 1 rings (SSSR count). The fraction of sp³-hybridized carbons (Fsp3) is 0.333. The van der Waals surface area contributed by atoms with Crippen LogP contribution in [0.5, 0.6) is 0 Å². The average Bonchev–Trinajstić information content (AvgIpc) is 2.08. The molecule has 0 aliphatic rings. The average molecular weight is 140 g/mol. The zero-order valence-electron chi connectivity index (χ0n) is 8.38. The third kappa shape index (κ3) is 1.18. The summed E-state index contributed by atoms with van der Waals surface area (Å²) in [6, 6.07) is 0.127. The maximum atomic E-state index is 13.1. The molecule has 0 aromatic heterocycles. The lowest BCUT2D eigenvalue weighted by atomic mass is 10.1. The van der Waals surface area contributed by atoms with E-state index in [-0.39, 0.29) is 17.6 Å². The summed E-state index contributed by atoms with van der Waals surface area (Å²) in [5.41, 5.74) is 1.52. The van der Waals surface area contributed by atoms with Gasteiger partial charge < -0.3 is 0 Å². The molecule has 54 valence electrons. The van der Waals surface area contributed by atoms with Gasteiger partial charge in [0, 0.05) is 0 Å². The minimum atomic E-state index is -0.567. The normalized spacial score (nSPS) is 12.8. The highest BCUT2D eigenvalue weighted by Crippen LogP contribution is 2.12. The molecule has 1 aromatic rings. The summed E-state index contributed by atoms with van der Waals surface area (Å²) in [6.07, 6.45) is 0. The van der Waals surface area contributed by atoms with Crippen LogP contribution in [-0.2, 0) is 0 Å². The highest BCUT2D eigenvalue weighted by atomic mass is 19.1. The molecule has 0 atom stereocenters. The van der Waals surface area contributed by atoms with Gasteiger partial charge in [-0.15, -0.1) is 0 Å². The van der Waals surface area contributed by atoms with E-state index >= 15 is 0 Å². The summed E-state index contributed by atoms with van der Waals surface area (Å²) in [7, 11) is 0. The van der Waals surface area contributed by atoms with E-state index < -0.39 is 5.82 Å². The van der Waals surface area contributed by atoms with Crippen LogP contribution in [0.15, 0.2) is 12.1 Å². The Kier molecular flexibility index (Phi) is 1.18. The largest absolute Gasteiger partial charge is 0.207 e. The lowest BCUT2D eigenvalue weighted by Gasteiger charge is -2.01. The predicted octanol–water partition coefficient (Wildman–Crippen LogP) is 2.75. The number of benzene rings is 1. The van der Waals surface area contributed by atoms with Gasteiger partial charge in [-0.3, -0.25) is 0 Å². The second kappa shape index (κ2) is 2.41. The van der Waals surface area contributed by atoms with E-state index in [2.05, 4.69) is 0 Å². The Morgan fingerprint density at radius 2 is 1.60 bits per heavy atom. The lowest BCUT2D eigenvalue weighted by molar-refractivity contribution is 0.616. The van der Waals surface area contributed by atoms with Gasteiger partial charge in [-0.25, -0.2) is 4.39 Å². The predicted molar refractivity (Wildman–Crippen MR) is 40.6 cm³/mol. The number of hydrogen-bond acceptors (Lipinski definition) is 0. The highest BCUT2D eigenvalue weighted by molar-refractivity contribution is 5.30. The van der Waals surface area contributed by atoms with Crippen molar-refractivity contribution in [3.8, 4) is 0 Å². The maximum Gasteiger partial charge on any atom is 0.126 e. The Balaban J connectivity index is 3.60. The molecule has 1 aromatic carbocycles. The van der Waals surface area contributed by atoms with E-state index in [9.17, 15) is 4.39 Å². The molecule has 0 fully saturated rings. The first-order valence-corrected chi connectivity index (χ1v) is 3.19. The van der Waals surface area contributed by atoms with Gasteiger partial charge in [-0.05, 0) is 43.5 Å². The van der Waals surface area contributed by atoms with Crippen LogP contribution in [0.3, 0.4) is 0 Å². The Morgan fingerprint density at radius 1 is 1.10 bits per heavy atom. The fourth-order valence-corrected chi connectivity index (χ4v) is 0.782. The van der Waals surface area contributed by atoms with Crippen LogP contribution in [0.4, 0.5) is 4.39 Å². The van der Waals surface area contributed by atoms with Crippen molar-refractivity contribution < 1.29 is 7.13 Å². The number of rotatable bonds is 0. The summed E-state index contributed by atoms with van der Waals surface area (Å²) in [5.74, 6) is -0.567. The van der Waals surface area contributed by atoms with Crippen molar-refractivity contribution in [3.05, 3.63) is 34.6 Å². The molecular weight excluding hydrogens is 127 g/mol. The van der Waals surface area contributed by atoms with Crippen molar-refractivity contribution in [3.63, 3.8) is 0 Å². The molecule has 0 spiro atoms. The van der Waals surface area contributed by atoms with Crippen LogP contribution in [-0.4, -0.2) is 0 Å². The van der Waals surface area contributed by atoms with Gasteiger partial charge in [0.25, 0.3) is 0 Å². The third-order valence-corrected chi connectivity index (χ3v) is 1.56. The van der Waals surface area contributed by atoms with E-state index in [4.69, 9.17) is 2.74 Å². The van der Waals surface area contributed by atoms with Gasteiger partial charge in [0.2, 0.25) is 0 Å². The fourth-order valence-electron chi connectivity index (χ4n) is 0.782. The van der Waals surface area contributed by atoms with E-state index in [1.165, 1.54) is 6.92 Å². The monoisotopic (exact) mass is 140 g/mol. The first-order valence-electron chi connectivity index (χ1n) is 4.19. The molecule has 0 bridgehead atoms. The zero-order chi connectivity index (χ0) is 9.46. The van der Waals surface area contributed by atoms with Gasteiger partial charge in [-0.2, -0.15) is 0 Å². The SMILES string of the molecule is [2H]c1c(C)c(C)c([2H])c(F)c1C. The second-order valence-corrected chi connectivity index (χ2v) is 2.44. The summed E-state index contributed by atoms with van der Waals surface area (Å²) in [4.78, 5) is 0. The highest BCUT2D eigenvalue weighted by Gasteiger charge is 1.98. The molecule has 0 aliphatic heterocycles. The Morgan fingerprint density at radius 3 is 2.20 bits per heavy atom. The number of hydrogen-bond donors (Lipinski definition) is 0. The molecule has 0 saturated carbocycles. The molecule has 1 heteroatoms. The maximum absolute atomic E-state index is 13.1. The van der Waals surface area contributed by atoms with Crippen molar-refractivity contribution in [2.24, 2.45) is 0 Å². The van der Waals surface area contributed by atoms with Crippen LogP contribution < -0.4 is 0 Å². The van der Waals surface area contributed by atoms with Gasteiger partial charge >= 0.3 is 0 Å². The Bertz CT molecular complexity index is 227. The molecule has 0 radical (unpaired) electrons. The van der Waals surface area contributed by atoms with Crippen molar-refractivity contribution in [2.75, 3.05) is 0 Å². The minimum absolute atomic E-state index is 0.0824. The van der Waals surface area contributed by atoms with E-state index in [0.717, 1.165) is 0 Å². The Hall–Kier alpha value is -0.850. The summed E-state index contributed by atoms with van der Waals surface area (Å²) in [5, 5.41) is 0. The van der Waals surface area contributed by atoms with Crippen molar-refractivity contribution in [2.45, 2.75) is 20.8 Å². The zero-order valence-corrected chi connectivity index (χ0v) is 6.38. The topological polar surface area (TPSA) is 0 Å². The first-order chi connectivity index (χ1) is 5.46. The Labute approximate surface area is 63.5 Å². The van der Waals surface area contributed by atoms with Crippen LogP contribution >= 0.6 is 0 Å². The van der Waals surface area contributed by atoms with E-state index in [1.807, 2.05) is 0 Å². The van der Waals surface area contributed by atoms with Gasteiger partial charge in [-0.1, -0.05) is 6.04 Å². The van der Waals surface area contributed by atoms with Gasteiger partial charge in [0.1, 0.15) is 5.82 Å². The lowest BCUT2D eigenvalue weighted by Crippen LogP contribution is -1.87. The van der Waals surface area contributed by atoms with E-state index in [0.29, 0.717) is 11.1 Å². The molecule has 0 unspecified atom stereocenters. The van der Waals surface area contributed by atoms with Crippen LogP contribution in [0.25, 0.3) is 0 Å². The third-order valence-electron chi connectivity index (χ3n) is 1.56. The smallest absolute Gasteiger partial charge is 0.126 e. The summed E-state index contributed by atoms with van der Waals surface area (Å²) >= 11 is 0. The molecule has 10 heavy (non-hydrogen) atoms. The molecule has 0 amide bonds. The summed E-state index contributed by atoms with van der Waals surface area (Å²) in [6.45, 7) is 4.93. The quantitative estimate of drug-likeness (QED) is 0.519. The second-order valence-electron chi connectivity index (χ2n) is 2.44. The van der Waals surface area contributed by atoms with Crippen molar-refractivity contribution >= 4 is 0 Å². The van der Waals surface area contributed by atoms with Gasteiger partial charge in [0.05, 0.1) is 2.74 Å². The van der Waals surface area contributed by atoms with Gasteiger partial charge in [0.15, 0.2) is 0 Å². The molecule has 0 saturated heterocycles. The molecule has 0 heterocycles. The molecule has 0 nitrogen and oxygen atoms in total. The molecular formula is C9H11F. The van der Waals surface area contributed by atoms with Crippen molar-refractivity contribution in [1.82, 2.24) is 0 Å². The van der Waals surface area contributed by atoms with Crippen LogP contribution in [0.2, 0.25) is 0 Å². The first kappa shape index (κ1) is 4.89. The van der Waals surface area contributed by atoms with Crippen LogP contribution in [0.1, 0.15) is 19.4 Å².